The van der Waals surface area contributed by atoms with Crippen molar-refractivity contribution in [2.75, 3.05) is 5.32 Å². The average molecular weight is 438 g/mol. The molecule has 0 fully saturated rings. The van der Waals surface area contributed by atoms with Gasteiger partial charge in [0.1, 0.15) is 11.3 Å². The number of rotatable bonds is 6. The molecule has 9 heteroatoms. The van der Waals surface area contributed by atoms with Crippen LogP contribution in [0.25, 0.3) is 22.6 Å². The van der Waals surface area contributed by atoms with Crippen LogP contribution in [-0.2, 0) is 4.79 Å². The summed E-state index contributed by atoms with van der Waals surface area (Å²) in [6, 6.07) is 7.66. The summed E-state index contributed by atoms with van der Waals surface area (Å²) in [5.41, 5.74) is 2.60. The van der Waals surface area contributed by atoms with Crippen LogP contribution in [0, 0.1) is 18.7 Å². The van der Waals surface area contributed by atoms with Crippen LogP contribution in [0.5, 0.6) is 0 Å². The van der Waals surface area contributed by atoms with Crippen LogP contribution in [0.2, 0.25) is 0 Å². The van der Waals surface area contributed by atoms with Gasteiger partial charge in [-0.3, -0.25) is 0 Å². The van der Waals surface area contributed by atoms with E-state index in [1.165, 1.54) is 12.1 Å². The molecule has 3 aromatic rings. The molecular formula is C21H21FKN3O4. The zero-order valence-electron chi connectivity index (χ0n) is 17.3. The molecule has 2 atom stereocenters. The number of urea groups is 1. The molecule has 0 aliphatic carbocycles. The topological polar surface area (TPSA) is 107 Å². The van der Waals surface area contributed by atoms with E-state index in [0.717, 1.165) is 5.56 Å². The number of nitrogens with zero attached hydrogens (tertiary/aromatic N) is 1. The zero-order chi connectivity index (χ0) is 21.1. The van der Waals surface area contributed by atoms with E-state index in [4.69, 9.17) is 4.42 Å². The van der Waals surface area contributed by atoms with Crippen molar-refractivity contribution in [1.29, 1.82) is 0 Å². The van der Waals surface area contributed by atoms with Crippen molar-refractivity contribution in [3.8, 4) is 11.5 Å². The Morgan fingerprint density at radius 2 is 1.97 bits per heavy atom. The first-order chi connectivity index (χ1) is 13.8. The first-order valence-electron chi connectivity index (χ1n) is 9.24. The van der Waals surface area contributed by atoms with Gasteiger partial charge in [0, 0.05) is 5.56 Å². The van der Waals surface area contributed by atoms with Gasteiger partial charge in [-0.05, 0) is 48.7 Å². The summed E-state index contributed by atoms with van der Waals surface area (Å²) in [6.07, 6.45) is 0.534. The van der Waals surface area contributed by atoms with Crippen molar-refractivity contribution in [2.24, 2.45) is 5.92 Å². The Morgan fingerprint density at radius 1 is 1.23 bits per heavy atom. The van der Waals surface area contributed by atoms with Gasteiger partial charge in [0.25, 0.3) is 0 Å². The summed E-state index contributed by atoms with van der Waals surface area (Å²) < 4.78 is 20.1. The number of aryl methyl sites for hydroxylation is 1. The maximum absolute atomic E-state index is 14.5. The third-order valence-corrected chi connectivity index (χ3v) is 4.76. The average Bonchev–Trinajstić information content (AvgIpc) is 3.10. The van der Waals surface area contributed by atoms with E-state index in [1.54, 1.807) is 26.0 Å². The number of halogens is 1. The summed E-state index contributed by atoms with van der Waals surface area (Å²) in [4.78, 5) is 27.7. The predicted molar refractivity (Wildman–Crippen MR) is 105 cm³/mol. The molecular weight excluding hydrogens is 416 g/mol. The molecule has 30 heavy (non-hydrogen) atoms. The molecule has 0 spiro atoms. The maximum atomic E-state index is 14.5. The fraction of sp³-hybridized carbons (Fsp3) is 0.286. The number of benzene rings is 2. The number of oxazole rings is 1. The number of carboxylic acids is 1. The van der Waals surface area contributed by atoms with Crippen LogP contribution in [0.1, 0.15) is 25.8 Å². The van der Waals surface area contributed by atoms with Crippen LogP contribution >= 0.6 is 0 Å². The Kier molecular flexibility index (Phi) is 8.57. The molecule has 2 amide bonds. The number of anilines is 1. The normalized spacial score (nSPS) is 12.7. The van der Waals surface area contributed by atoms with E-state index in [1.807, 2.05) is 19.1 Å². The van der Waals surface area contributed by atoms with Crippen molar-refractivity contribution < 1.29 is 74.9 Å². The molecule has 0 saturated heterocycles. The number of aliphatic carboxylic acids is 1. The fourth-order valence-electron chi connectivity index (χ4n) is 2.88. The number of amides is 2. The van der Waals surface area contributed by atoms with E-state index >= 15 is 0 Å². The van der Waals surface area contributed by atoms with Crippen LogP contribution in [0.3, 0.4) is 0 Å². The molecule has 2 N–H and O–H groups in total. The standard InChI is InChI=1S/C21H22FN3O4.K/c1-4-12(3)18(20(26)27)25-21(28)24-15-7-6-13(10-14(15)22)19-23-16-9-11(2)5-8-17(16)29-19;/h5-10,12,18H,4H2,1-3H3,(H,26,27)(H2,24,25,28);/q;+1/p-1. The summed E-state index contributed by atoms with van der Waals surface area (Å²) >= 11 is 0. The first-order valence-corrected chi connectivity index (χ1v) is 9.24. The van der Waals surface area contributed by atoms with Crippen molar-refractivity contribution in [1.82, 2.24) is 10.3 Å². The Bertz CT molecular complexity index is 1070. The second-order valence-electron chi connectivity index (χ2n) is 6.97. The van der Waals surface area contributed by atoms with Gasteiger partial charge < -0.3 is 25.0 Å². The molecule has 2 aromatic carbocycles. The number of carbonyl (C=O) groups excluding carboxylic acids is 2. The van der Waals surface area contributed by atoms with Gasteiger partial charge >= 0.3 is 57.4 Å². The van der Waals surface area contributed by atoms with Gasteiger partial charge in [-0.15, -0.1) is 0 Å². The summed E-state index contributed by atoms with van der Waals surface area (Å²) in [6.45, 7) is 5.41. The number of carboxylic acid groups (broad SMARTS) is 1. The number of aromatic nitrogens is 1. The van der Waals surface area contributed by atoms with Crippen molar-refractivity contribution in [2.45, 2.75) is 33.2 Å². The van der Waals surface area contributed by atoms with E-state index in [9.17, 15) is 19.1 Å². The van der Waals surface area contributed by atoms with Gasteiger partial charge in [0.2, 0.25) is 5.89 Å². The van der Waals surface area contributed by atoms with E-state index < -0.39 is 23.9 Å². The summed E-state index contributed by atoms with van der Waals surface area (Å²) in [7, 11) is 0. The van der Waals surface area contributed by atoms with E-state index in [0.29, 0.717) is 23.1 Å². The second kappa shape index (κ2) is 10.5. The molecule has 3 rings (SSSR count). The molecule has 0 aliphatic heterocycles. The Labute approximate surface area is 215 Å². The van der Waals surface area contributed by atoms with E-state index in [2.05, 4.69) is 15.6 Å². The molecule has 1 aromatic heterocycles. The van der Waals surface area contributed by atoms with Gasteiger partial charge in [0.05, 0.1) is 17.7 Å². The monoisotopic (exact) mass is 437 g/mol. The van der Waals surface area contributed by atoms with E-state index in [-0.39, 0.29) is 68.9 Å². The molecule has 0 bridgehead atoms. The molecule has 152 valence electrons. The number of hydrogen-bond acceptors (Lipinski definition) is 5. The third-order valence-electron chi connectivity index (χ3n) is 4.76. The minimum atomic E-state index is -1.39. The van der Waals surface area contributed by atoms with Crippen molar-refractivity contribution >= 4 is 28.8 Å². The van der Waals surface area contributed by atoms with Gasteiger partial charge in [-0.2, -0.15) is 0 Å². The number of hydrogen-bond donors (Lipinski definition) is 2. The molecule has 7 nitrogen and oxygen atoms in total. The number of carbonyl (C=O) groups is 2. The second-order valence-corrected chi connectivity index (χ2v) is 6.97. The van der Waals surface area contributed by atoms with Crippen LogP contribution < -0.4 is 67.1 Å². The van der Waals surface area contributed by atoms with Crippen LogP contribution in [0.4, 0.5) is 14.9 Å². The third kappa shape index (κ3) is 5.67. The minimum absolute atomic E-state index is 0. The zero-order valence-corrected chi connectivity index (χ0v) is 20.4. The van der Waals surface area contributed by atoms with Gasteiger partial charge in [0.15, 0.2) is 5.58 Å². The first kappa shape index (κ1) is 24.5. The summed E-state index contributed by atoms with van der Waals surface area (Å²) in [5, 5.41) is 15.8. The fourth-order valence-corrected chi connectivity index (χ4v) is 2.88. The Hall–Kier alpha value is -1.78. The number of nitrogens with one attached hydrogen (secondary N) is 2. The van der Waals surface area contributed by atoms with Crippen LogP contribution in [-0.4, -0.2) is 23.0 Å². The molecule has 2 unspecified atom stereocenters. The van der Waals surface area contributed by atoms with Gasteiger partial charge in [-0.1, -0.05) is 26.3 Å². The molecule has 0 aliphatic rings. The van der Waals surface area contributed by atoms with Crippen LogP contribution in [0.15, 0.2) is 40.8 Å². The Morgan fingerprint density at radius 3 is 2.60 bits per heavy atom. The number of fused-ring (bicyclic) bond motifs is 1. The molecule has 0 saturated carbocycles. The summed E-state index contributed by atoms with van der Waals surface area (Å²) in [5.74, 6) is -2.17. The molecule has 0 radical (unpaired) electrons. The quantitative estimate of drug-likeness (QED) is 0.537. The van der Waals surface area contributed by atoms with Crippen molar-refractivity contribution in [3.63, 3.8) is 0 Å². The van der Waals surface area contributed by atoms with Gasteiger partial charge in [-0.25, -0.2) is 14.2 Å². The predicted octanol–water partition coefficient (Wildman–Crippen LogP) is 0.232. The largest absolute Gasteiger partial charge is 1.00 e. The smallest absolute Gasteiger partial charge is 0.548 e. The molecule has 1 heterocycles. The maximum Gasteiger partial charge on any atom is 1.00 e. The Balaban J connectivity index is 0.00000320. The van der Waals surface area contributed by atoms with Crippen molar-refractivity contribution in [3.05, 3.63) is 47.8 Å². The minimum Gasteiger partial charge on any atom is -0.548 e. The SMILES string of the molecule is CCC(C)C(NC(=O)Nc1ccc(-c2nc3cc(C)ccc3o2)cc1F)C(=O)[O-].[K+].